The first-order valence-electron chi connectivity index (χ1n) is 10.0. The van der Waals surface area contributed by atoms with Crippen molar-refractivity contribution in [2.75, 3.05) is 11.9 Å². The maximum Gasteiger partial charge on any atom is 0.345 e. The molecular weight excluding hydrogens is 413 g/mol. The number of aromatic nitrogens is 4. The quantitative estimate of drug-likeness (QED) is 0.656. The highest BCUT2D eigenvalue weighted by Gasteiger charge is 2.25. The molecule has 1 aliphatic rings. The summed E-state index contributed by atoms with van der Waals surface area (Å²) in [6, 6.07) is 2.17. The van der Waals surface area contributed by atoms with Gasteiger partial charge in [0.25, 0.3) is 5.88 Å². The van der Waals surface area contributed by atoms with Gasteiger partial charge < -0.3 is 14.8 Å². The largest absolute Gasteiger partial charge is 0.475 e. The molecule has 11 heteroatoms. The van der Waals surface area contributed by atoms with Crippen LogP contribution < -0.4 is 10.1 Å². The van der Waals surface area contributed by atoms with Crippen molar-refractivity contribution in [2.45, 2.75) is 64.7 Å². The van der Waals surface area contributed by atoms with E-state index in [0.29, 0.717) is 37.1 Å². The van der Waals surface area contributed by atoms with Crippen molar-refractivity contribution in [2.24, 2.45) is 5.92 Å². The molecule has 0 amide bonds. The first-order chi connectivity index (χ1) is 14.7. The van der Waals surface area contributed by atoms with E-state index in [2.05, 4.69) is 31.2 Å². The van der Waals surface area contributed by atoms with Crippen LogP contribution in [-0.2, 0) is 10.3 Å². The predicted octanol–water partition coefficient (Wildman–Crippen LogP) is 4.30. The third-order valence-corrected chi connectivity index (χ3v) is 5.25. The predicted molar refractivity (Wildman–Crippen MR) is 106 cm³/mol. The fourth-order valence-electron chi connectivity index (χ4n) is 3.33. The monoisotopic (exact) mass is 438 g/mol. The summed E-state index contributed by atoms with van der Waals surface area (Å²) in [5, 5.41) is 16.6. The molecular formula is C20H25F3N6O2. The number of hydrogen-bond acceptors (Lipinski definition) is 7. The Morgan fingerprint density at radius 1 is 1.32 bits per heavy atom. The first-order valence-corrected chi connectivity index (χ1v) is 10.0. The van der Waals surface area contributed by atoms with E-state index >= 15 is 0 Å². The summed E-state index contributed by atoms with van der Waals surface area (Å²) in [5.74, 6) is -0.649. The zero-order valence-electron chi connectivity index (χ0n) is 17.6. The molecule has 0 saturated heterocycles. The molecule has 1 aliphatic carbocycles. The lowest BCUT2D eigenvalue weighted by Crippen LogP contribution is -2.26. The van der Waals surface area contributed by atoms with Gasteiger partial charge in [0.05, 0.1) is 42.6 Å². The molecule has 2 aromatic rings. The van der Waals surface area contributed by atoms with Crippen LogP contribution in [0.2, 0.25) is 0 Å². The van der Waals surface area contributed by atoms with Gasteiger partial charge in [-0.05, 0) is 52.4 Å². The smallest absolute Gasteiger partial charge is 0.345 e. The lowest BCUT2D eigenvalue weighted by molar-refractivity contribution is -0.171. The minimum absolute atomic E-state index is 0.108. The SMILES string of the molecule is Cc1nn(C(C)(C)C#N)cc1Nc1ncc(F)c(OC[C@H]2CC[C@H](OC(F)F)CC2)n1. The van der Waals surface area contributed by atoms with Gasteiger partial charge in [-0.1, -0.05) is 0 Å². The summed E-state index contributed by atoms with van der Waals surface area (Å²) in [7, 11) is 0. The summed E-state index contributed by atoms with van der Waals surface area (Å²) in [6.07, 6.45) is 4.56. The van der Waals surface area contributed by atoms with Crippen molar-refractivity contribution in [1.82, 2.24) is 19.7 Å². The number of ether oxygens (including phenoxy) is 2. The molecule has 1 saturated carbocycles. The summed E-state index contributed by atoms with van der Waals surface area (Å²) in [4.78, 5) is 8.03. The number of nitriles is 1. The van der Waals surface area contributed by atoms with Crippen molar-refractivity contribution < 1.29 is 22.6 Å². The van der Waals surface area contributed by atoms with Gasteiger partial charge in [-0.2, -0.15) is 28.5 Å². The van der Waals surface area contributed by atoms with Crippen molar-refractivity contribution >= 4 is 11.6 Å². The number of anilines is 2. The van der Waals surface area contributed by atoms with Crippen LogP contribution in [0.4, 0.5) is 24.8 Å². The number of nitrogens with one attached hydrogen (secondary N) is 1. The Morgan fingerprint density at radius 3 is 2.68 bits per heavy atom. The molecule has 3 rings (SSSR count). The molecule has 2 heterocycles. The Bertz CT molecular complexity index is 935. The Kier molecular flexibility index (Phi) is 7.00. The van der Waals surface area contributed by atoms with Gasteiger partial charge in [0.15, 0.2) is 0 Å². The van der Waals surface area contributed by atoms with Crippen LogP contribution in [0.1, 0.15) is 45.2 Å². The van der Waals surface area contributed by atoms with Crippen LogP contribution in [0.15, 0.2) is 12.4 Å². The molecule has 0 radical (unpaired) electrons. The normalized spacial score (nSPS) is 19.3. The first kappa shape index (κ1) is 22.8. The Balaban J connectivity index is 1.61. The van der Waals surface area contributed by atoms with Gasteiger partial charge in [-0.15, -0.1) is 0 Å². The van der Waals surface area contributed by atoms with Gasteiger partial charge in [0.2, 0.25) is 11.8 Å². The summed E-state index contributed by atoms with van der Waals surface area (Å²) in [5.41, 5.74) is 0.377. The van der Waals surface area contributed by atoms with Crippen molar-refractivity contribution in [1.29, 1.82) is 5.26 Å². The van der Waals surface area contributed by atoms with E-state index in [9.17, 15) is 18.4 Å². The van der Waals surface area contributed by atoms with Crippen LogP contribution in [0.25, 0.3) is 0 Å². The second kappa shape index (κ2) is 9.51. The van der Waals surface area contributed by atoms with E-state index in [0.717, 1.165) is 6.20 Å². The van der Waals surface area contributed by atoms with Crippen LogP contribution in [0.3, 0.4) is 0 Å². The second-order valence-corrected chi connectivity index (χ2v) is 8.07. The standard InChI is InChI=1S/C20H25F3N6O2/c1-12-16(9-29(28-12)20(2,3)11-24)26-19-25-8-15(21)17(27-19)30-10-13-4-6-14(7-5-13)31-18(22)23/h8-9,13-14,18H,4-7,10H2,1-3H3,(H,25,26,27)/t13-,14-. The number of alkyl halides is 2. The van der Waals surface area contributed by atoms with Crippen molar-refractivity contribution in [3.05, 3.63) is 23.9 Å². The molecule has 1 N–H and O–H groups in total. The highest BCUT2D eigenvalue weighted by atomic mass is 19.3. The molecule has 168 valence electrons. The van der Waals surface area contributed by atoms with Gasteiger partial charge in [0.1, 0.15) is 5.54 Å². The molecule has 0 aromatic carbocycles. The zero-order chi connectivity index (χ0) is 22.6. The average Bonchev–Trinajstić information content (AvgIpc) is 3.10. The molecule has 0 bridgehead atoms. The Morgan fingerprint density at radius 2 is 2.03 bits per heavy atom. The van der Waals surface area contributed by atoms with E-state index in [-0.39, 0.29) is 24.4 Å². The number of halogens is 3. The van der Waals surface area contributed by atoms with E-state index in [1.807, 2.05) is 0 Å². The minimum Gasteiger partial charge on any atom is -0.475 e. The van der Waals surface area contributed by atoms with E-state index in [4.69, 9.17) is 4.74 Å². The maximum absolute atomic E-state index is 14.1. The molecule has 2 aromatic heterocycles. The van der Waals surface area contributed by atoms with E-state index < -0.39 is 24.1 Å². The van der Waals surface area contributed by atoms with Crippen LogP contribution in [-0.4, -0.2) is 39.1 Å². The molecule has 0 spiro atoms. The second-order valence-electron chi connectivity index (χ2n) is 8.07. The Labute approximate surface area is 178 Å². The van der Waals surface area contributed by atoms with Crippen molar-refractivity contribution in [3.63, 3.8) is 0 Å². The van der Waals surface area contributed by atoms with Gasteiger partial charge in [-0.25, -0.2) is 4.98 Å². The fourth-order valence-corrected chi connectivity index (χ4v) is 3.33. The molecule has 0 atom stereocenters. The summed E-state index contributed by atoms with van der Waals surface area (Å²) >= 11 is 0. The molecule has 1 fully saturated rings. The van der Waals surface area contributed by atoms with Crippen LogP contribution >= 0.6 is 0 Å². The number of nitrogens with zero attached hydrogens (tertiary/aromatic N) is 5. The minimum atomic E-state index is -2.76. The van der Waals surface area contributed by atoms with E-state index in [1.54, 1.807) is 27.0 Å². The molecule has 0 unspecified atom stereocenters. The van der Waals surface area contributed by atoms with Gasteiger partial charge >= 0.3 is 6.61 Å². The molecule has 31 heavy (non-hydrogen) atoms. The third kappa shape index (κ3) is 5.85. The van der Waals surface area contributed by atoms with Crippen LogP contribution in [0.5, 0.6) is 5.88 Å². The molecule has 8 nitrogen and oxygen atoms in total. The fraction of sp³-hybridized carbons (Fsp3) is 0.600. The number of aryl methyl sites for hydroxylation is 1. The topological polar surface area (TPSA) is 97.9 Å². The van der Waals surface area contributed by atoms with E-state index in [1.165, 1.54) is 4.68 Å². The highest BCUT2D eigenvalue weighted by Crippen LogP contribution is 2.29. The number of rotatable bonds is 8. The van der Waals surface area contributed by atoms with Gasteiger partial charge in [-0.3, -0.25) is 4.68 Å². The lowest BCUT2D eigenvalue weighted by atomic mass is 9.88. The van der Waals surface area contributed by atoms with Crippen LogP contribution in [0, 0.1) is 30.0 Å². The average molecular weight is 438 g/mol. The van der Waals surface area contributed by atoms with Crippen molar-refractivity contribution in [3.8, 4) is 11.9 Å². The summed E-state index contributed by atoms with van der Waals surface area (Å²) in [6.45, 7) is 2.69. The number of hydrogen-bond donors (Lipinski definition) is 1. The highest BCUT2D eigenvalue weighted by molar-refractivity contribution is 5.55. The van der Waals surface area contributed by atoms with Gasteiger partial charge in [0, 0.05) is 0 Å². The summed E-state index contributed by atoms with van der Waals surface area (Å²) < 4.78 is 50.3. The lowest BCUT2D eigenvalue weighted by Gasteiger charge is -2.28. The zero-order valence-corrected chi connectivity index (χ0v) is 17.6. The Hall–Kier alpha value is -2.87. The third-order valence-electron chi connectivity index (χ3n) is 5.25. The maximum atomic E-state index is 14.1. The molecule has 0 aliphatic heterocycles.